The Labute approximate surface area is 190 Å². The van der Waals surface area contributed by atoms with Crippen LogP contribution in [-0.4, -0.2) is 29.6 Å². The maximum absolute atomic E-state index is 13.4. The van der Waals surface area contributed by atoms with Gasteiger partial charge in [-0.15, -0.1) is 24.8 Å². The van der Waals surface area contributed by atoms with Crippen LogP contribution in [-0.2, 0) is 4.74 Å². The van der Waals surface area contributed by atoms with Gasteiger partial charge in [0.1, 0.15) is 17.7 Å². The largest absolute Gasteiger partial charge is 0.365 e. The number of ether oxygens (including phenoxy) is 1. The first-order valence-corrected chi connectivity index (χ1v) is 10.6. The fourth-order valence-electron chi connectivity index (χ4n) is 4.86. The third-order valence-corrected chi connectivity index (χ3v) is 6.28. The molecule has 0 aromatic heterocycles. The van der Waals surface area contributed by atoms with E-state index in [1.54, 1.807) is 24.3 Å². The Balaban J connectivity index is 0.00000160. The molecule has 2 saturated heterocycles. The number of rotatable bonds is 7. The van der Waals surface area contributed by atoms with Crippen LogP contribution in [0.5, 0.6) is 0 Å². The van der Waals surface area contributed by atoms with Crippen molar-refractivity contribution < 1.29 is 13.5 Å². The summed E-state index contributed by atoms with van der Waals surface area (Å²) in [5, 5.41) is 0. The molecule has 2 nitrogen and oxygen atoms in total. The van der Waals surface area contributed by atoms with Gasteiger partial charge in [-0.05, 0) is 74.0 Å². The molecule has 0 aliphatic carbocycles. The van der Waals surface area contributed by atoms with E-state index in [1.165, 1.54) is 56.5 Å². The van der Waals surface area contributed by atoms with Crippen LogP contribution in [0, 0.1) is 11.6 Å². The molecule has 0 amide bonds. The van der Waals surface area contributed by atoms with E-state index in [9.17, 15) is 8.78 Å². The topological polar surface area (TPSA) is 12.5 Å². The zero-order valence-electron chi connectivity index (χ0n) is 17.3. The Kier molecular flexibility index (Phi) is 9.55. The monoisotopic (exact) mass is 457 g/mol. The summed E-state index contributed by atoms with van der Waals surface area (Å²) < 4.78 is 33.5. The fourth-order valence-corrected chi connectivity index (χ4v) is 4.86. The second-order valence-electron chi connectivity index (χ2n) is 8.19. The summed E-state index contributed by atoms with van der Waals surface area (Å²) in [5.41, 5.74) is 1.82. The maximum atomic E-state index is 13.4. The van der Waals surface area contributed by atoms with E-state index in [-0.39, 0.29) is 48.7 Å². The molecule has 2 aromatic carbocycles. The van der Waals surface area contributed by atoms with E-state index < -0.39 is 0 Å². The van der Waals surface area contributed by atoms with Gasteiger partial charge in [0, 0.05) is 12.1 Å². The zero-order valence-corrected chi connectivity index (χ0v) is 18.9. The number of nitrogens with zero attached hydrogens (tertiary/aromatic N) is 1. The molecule has 4 rings (SSSR count). The highest BCUT2D eigenvalue weighted by Crippen LogP contribution is 2.39. The first-order valence-electron chi connectivity index (χ1n) is 10.6. The van der Waals surface area contributed by atoms with Crippen LogP contribution < -0.4 is 0 Å². The van der Waals surface area contributed by atoms with E-state index in [0.29, 0.717) is 12.1 Å². The number of piperidine rings is 1. The lowest BCUT2D eigenvalue weighted by Crippen LogP contribution is -2.46. The molecule has 2 aliphatic heterocycles. The molecule has 30 heavy (non-hydrogen) atoms. The fraction of sp³-hybridized carbons (Fsp3) is 0.500. The molecule has 2 fully saturated rings. The number of unbranched alkanes of at least 4 members (excludes halogenated alkanes) is 1. The molecule has 1 unspecified atom stereocenters. The first kappa shape index (κ1) is 25.1. The lowest BCUT2D eigenvalue weighted by molar-refractivity contribution is -0.0483. The van der Waals surface area contributed by atoms with Crippen molar-refractivity contribution in [3.05, 3.63) is 71.3 Å². The minimum Gasteiger partial charge on any atom is -0.365 e. The lowest BCUT2D eigenvalue weighted by atomic mass is 9.97. The molecular weight excluding hydrogens is 427 g/mol. The van der Waals surface area contributed by atoms with E-state index >= 15 is 0 Å². The van der Waals surface area contributed by atoms with Gasteiger partial charge in [-0.3, -0.25) is 4.90 Å². The SMILES string of the molecule is CCCCN1[C@@H]2CC[C@H]1CC(OC(c1ccc(F)cc1)c1ccc(F)cc1)C2.Cl.Cl. The maximum Gasteiger partial charge on any atom is 0.123 e. The molecule has 3 atom stereocenters. The summed E-state index contributed by atoms with van der Waals surface area (Å²) in [7, 11) is 0. The van der Waals surface area contributed by atoms with Gasteiger partial charge in [0.25, 0.3) is 0 Å². The standard InChI is InChI=1S/C24H29F2NO.2ClH/c1-2-3-14-27-21-12-13-22(27)16-23(15-21)28-24(17-4-8-19(25)9-5-17)18-6-10-20(26)11-7-18;;/h4-11,21-24H,2-3,12-16H2,1H3;2*1H/t21-,22+,23?;;. The van der Waals surface area contributed by atoms with E-state index in [4.69, 9.17) is 4.74 Å². The van der Waals surface area contributed by atoms with Crippen molar-refractivity contribution in [1.29, 1.82) is 0 Å². The minimum atomic E-state index is -0.298. The summed E-state index contributed by atoms with van der Waals surface area (Å²) in [6.45, 7) is 3.44. The summed E-state index contributed by atoms with van der Waals surface area (Å²) >= 11 is 0. The predicted molar refractivity (Wildman–Crippen MR) is 122 cm³/mol. The van der Waals surface area contributed by atoms with Gasteiger partial charge < -0.3 is 4.74 Å². The minimum absolute atomic E-state index is 0. The number of benzene rings is 2. The average molecular weight is 458 g/mol. The second kappa shape index (κ2) is 11.4. The van der Waals surface area contributed by atoms with Crippen molar-refractivity contribution in [3.8, 4) is 0 Å². The molecule has 2 aliphatic rings. The molecule has 2 heterocycles. The summed E-state index contributed by atoms with van der Waals surface area (Å²) in [5.74, 6) is -0.521. The van der Waals surface area contributed by atoms with Crippen molar-refractivity contribution in [2.45, 2.75) is 69.7 Å². The van der Waals surface area contributed by atoms with Crippen molar-refractivity contribution >= 4 is 24.8 Å². The van der Waals surface area contributed by atoms with Crippen molar-refractivity contribution in [3.63, 3.8) is 0 Å². The summed E-state index contributed by atoms with van der Waals surface area (Å²) in [4.78, 5) is 2.69. The van der Waals surface area contributed by atoms with Crippen LogP contribution in [0.25, 0.3) is 0 Å². The Morgan fingerprint density at radius 1 is 0.867 bits per heavy atom. The van der Waals surface area contributed by atoms with Crippen molar-refractivity contribution in [2.24, 2.45) is 0 Å². The third-order valence-electron chi connectivity index (χ3n) is 6.28. The first-order chi connectivity index (χ1) is 13.6. The van der Waals surface area contributed by atoms with Gasteiger partial charge in [0.05, 0.1) is 6.10 Å². The van der Waals surface area contributed by atoms with Crippen LogP contribution in [0.1, 0.15) is 62.7 Å². The molecule has 0 radical (unpaired) electrons. The van der Waals surface area contributed by atoms with E-state index in [0.717, 1.165) is 24.0 Å². The highest BCUT2D eigenvalue weighted by atomic mass is 35.5. The molecule has 166 valence electrons. The van der Waals surface area contributed by atoms with Crippen molar-refractivity contribution in [1.82, 2.24) is 4.90 Å². The van der Waals surface area contributed by atoms with Gasteiger partial charge in [-0.2, -0.15) is 0 Å². The number of hydrogen-bond donors (Lipinski definition) is 0. The van der Waals surface area contributed by atoms with Crippen LogP contribution in [0.3, 0.4) is 0 Å². The van der Waals surface area contributed by atoms with Crippen LogP contribution >= 0.6 is 24.8 Å². The molecule has 2 bridgehead atoms. The molecule has 6 heteroatoms. The van der Waals surface area contributed by atoms with E-state index in [2.05, 4.69) is 11.8 Å². The second-order valence-corrected chi connectivity index (χ2v) is 8.19. The Morgan fingerprint density at radius 3 is 1.77 bits per heavy atom. The Bertz CT molecular complexity index is 712. The smallest absolute Gasteiger partial charge is 0.123 e. The van der Waals surface area contributed by atoms with Crippen LogP contribution in [0.15, 0.2) is 48.5 Å². The third kappa shape index (κ3) is 5.73. The summed E-state index contributed by atoms with van der Waals surface area (Å²) in [6.07, 6.45) is 6.96. The quantitative estimate of drug-likeness (QED) is 0.457. The van der Waals surface area contributed by atoms with Gasteiger partial charge >= 0.3 is 0 Å². The van der Waals surface area contributed by atoms with Gasteiger partial charge in [-0.25, -0.2) is 8.78 Å². The zero-order chi connectivity index (χ0) is 19.5. The number of halogens is 4. The molecule has 0 saturated carbocycles. The van der Waals surface area contributed by atoms with Gasteiger partial charge in [0.15, 0.2) is 0 Å². The van der Waals surface area contributed by atoms with Crippen LogP contribution in [0.4, 0.5) is 8.78 Å². The average Bonchev–Trinajstić information content (AvgIpc) is 2.94. The summed E-state index contributed by atoms with van der Waals surface area (Å²) in [6, 6.07) is 14.2. The molecule has 0 N–H and O–H groups in total. The molecule has 0 spiro atoms. The van der Waals surface area contributed by atoms with Crippen molar-refractivity contribution in [2.75, 3.05) is 6.54 Å². The molecular formula is C24H31Cl2F2NO. The molecule has 2 aromatic rings. The van der Waals surface area contributed by atoms with Crippen LogP contribution in [0.2, 0.25) is 0 Å². The highest BCUT2D eigenvalue weighted by Gasteiger charge is 2.41. The highest BCUT2D eigenvalue weighted by molar-refractivity contribution is 5.85. The normalized spacial score (nSPS) is 23.1. The number of fused-ring (bicyclic) bond motifs is 2. The Hall–Kier alpha value is -1.20. The lowest BCUT2D eigenvalue weighted by Gasteiger charge is -2.40. The number of hydrogen-bond acceptors (Lipinski definition) is 2. The van der Waals surface area contributed by atoms with Gasteiger partial charge in [-0.1, -0.05) is 37.6 Å². The van der Waals surface area contributed by atoms with Gasteiger partial charge in [0.2, 0.25) is 0 Å². The van der Waals surface area contributed by atoms with E-state index in [1.807, 2.05) is 0 Å². The predicted octanol–water partition coefficient (Wildman–Crippen LogP) is 6.71. The Morgan fingerprint density at radius 2 is 1.33 bits per heavy atom.